The molecule has 4 nitrogen and oxygen atoms in total. The standard InChI is InChI=1S/C19H18ClN3O/c20-14-9-7-13(8-10-14)18-16-5-1-2-6-17(16)19(23-22-18)21-12-15-4-3-11-24-15/h1-2,5-10,15H,3-4,11-12H2,(H,21,23). The number of fused-ring (bicyclic) bond motifs is 1. The molecule has 0 saturated carbocycles. The van der Waals surface area contributed by atoms with E-state index in [1.165, 1.54) is 0 Å². The molecule has 1 aliphatic rings. The summed E-state index contributed by atoms with van der Waals surface area (Å²) in [6.07, 6.45) is 2.50. The minimum absolute atomic E-state index is 0.265. The monoisotopic (exact) mass is 339 g/mol. The molecule has 1 aliphatic heterocycles. The maximum atomic E-state index is 5.99. The summed E-state index contributed by atoms with van der Waals surface area (Å²) in [5.41, 5.74) is 1.87. The summed E-state index contributed by atoms with van der Waals surface area (Å²) in [6.45, 7) is 1.62. The number of hydrogen-bond acceptors (Lipinski definition) is 4. The maximum Gasteiger partial charge on any atom is 0.156 e. The van der Waals surface area contributed by atoms with Crippen molar-refractivity contribution in [1.29, 1.82) is 0 Å². The highest BCUT2D eigenvalue weighted by atomic mass is 35.5. The van der Waals surface area contributed by atoms with Gasteiger partial charge in [-0.3, -0.25) is 0 Å². The molecule has 0 radical (unpaired) electrons. The van der Waals surface area contributed by atoms with Crippen molar-refractivity contribution in [3.8, 4) is 11.3 Å². The van der Waals surface area contributed by atoms with Gasteiger partial charge in [0.15, 0.2) is 5.82 Å². The van der Waals surface area contributed by atoms with Crippen molar-refractivity contribution < 1.29 is 4.74 Å². The van der Waals surface area contributed by atoms with Gasteiger partial charge in [0, 0.05) is 34.5 Å². The molecule has 1 aromatic heterocycles. The zero-order valence-corrected chi connectivity index (χ0v) is 14.0. The van der Waals surface area contributed by atoms with Crippen molar-refractivity contribution in [3.05, 3.63) is 53.6 Å². The Hall–Kier alpha value is -2.17. The maximum absolute atomic E-state index is 5.99. The van der Waals surface area contributed by atoms with Gasteiger partial charge in [0.05, 0.1) is 6.10 Å². The number of nitrogens with zero attached hydrogens (tertiary/aromatic N) is 2. The highest BCUT2D eigenvalue weighted by molar-refractivity contribution is 6.30. The first-order valence-electron chi connectivity index (χ1n) is 8.18. The van der Waals surface area contributed by atoms with E-state index in [0.29, 0.717) is 5.02 Å². The van der Waals surface area contributed by atoms with Crippen LogP contribution in [-0.2, 0) is 4.74 Å². The number of hydrogen-bond donors (Lipinski definition) is 1. The lowest BCUT2D eigenvalue weighted by atomic mass is 10.0. The molecule has 0 amide bonds. The normalized spacial score (nSPS) is 17.3. The predicted octanol–water partition coefficient (Wildman–Crippen LogP) is 4.54. The lowest BCUT2D eigenvalue weighted by molar-refractivity contribution is 0.120. The Morgan fingerprint density at radius 1 is 1.04 bits per heavy atom. The number of nitrogens with one attached hydrogen (secondary N) is 1. The number of ether oxygens (including phenoxy) is 1. The fourth-order valence-electron chi connectivity index (χ4n) is 3.07. The second-order valence-electron chi connectivity index (χ2n) is 5.97. The van der Waals surface area contributed by atoms with Gasteiger partial charge in [-0.1, -0.05) is 48.0 Å². The van der Waals surface area contributed by atoms with Crippen molar-refractivity contribution in [3.63, 3.8) is 0 Å². The van der Waals surface area contributed by atoms with Gasteiger partial charge < -0.3 is 10.1 Å². The summed E-state index contributed by atoms with van der Waals surface area (Å²) >= 11 is 5.99. The minimum Gasteiger partial charge on any atom is -0.376 e. The summed E-state index contributed by atoms with van der Waals surface area (Å²) in [7, 11) is 0. The van der Waals surface area contributed by atoms with Gasteiger partial charge in [0.1, 0.15) is 5.69 Å². The van der Waals surface area contributed by atoms with Gasteiger partial charge in [-0.2, -0.15) is 0 Å². The largest absolute Gasteiger partial charge is 0.376 e. The molecular formula is C19H18ClN3O. The lowest BCUT2D eigenvalue weighted by Crippen LogP contribution is -2.19. The average Bonchev–Trinajstić information content (AvgIpc) is 3.14. The molecule has 4 rings (SSSR count). The quantitative estimate of drug-likeness (QED) is 0.758. The van der Waals surface area contributed by atoms with E-state index in [9.17, 15) is 0 Å². The van der Waals surface area contributed by atoms with Crippen LogP contribution in [0.15, 0.2) is 48.5 Å². The molecule has 122 valence electrons. The molecule has 0 aliphatic carbocycles. The molecular weight excluding hydrogens is 322 g/mol. The Labute approximate surface area is 145 Å². The van der Waals surface area contributed by atoms with Crippen molar-refractivity contribution in [2.75, 3.05) is 18.5 Å². The lowest BCUT2D eigenvalue weighted by Gasteiger charge is -2.14. The van der Waals surface area contributed by atoms with E-state index in [4.69, 9.17) is 16.3 Å². The topological polar surface area (TPSA) is 47.0 Å². The molecule has 24 heavy (non-hydrogen) atoms. The molecule has 2 heterocycles. The van der Waals surface area contributed by atoms with Gasteiger partial charge in [-0.15, -0.1) is 10.2 Å². The number of rotatable bonds is 4. The van der Waals surface area contributed by atoms with Crippen LogP contribution in [0.3, 0.4) is 0 Å². The van der Waals surface area contributed by atoms with Crippen LogP contribution in [0.1, 0.15) is 12.8 Å². The third kappa shape index (κ3) is 3.07. The van der Waals surface area contributed by atoms with E-state index in [1.54, 1.807) is 0 Å². The van der Waals surface area contributed by atoms with E-state index in [0.717, 1.165) is 53.8 Å². The fraction of sp³-hybridized carbons (Fsp3) is 0.263. The molecule has 1 fully saturated rings. The zero-order valence-electron chi connectivity index (χ0n) is 13.2. The third-order valence-corrected chi connectivity index (χ3v) is 4.58. The first kappa shape index (κ1) is 15.4. The second-order valence-corrected chi connectivity index (χ2v) is 6.40. The van der Waals surface area contributed by atoms with Crippen LogP contribution in [0.5, 0.6) is 0 Å². The second kappa shape index (κ2) is 6.75. The highest BCUT2D eigenvalue weighted by Gasteiger charge is 2.16. The summed E-state index contributed by atoms with van der Waals surface area (Å²) in [4.78, 5) is 0. The first-order chi connectivity index (χ1) is 11.8. The number of halogens is 1. The van der Waals surface area contributed by atoms with Crippen LogP contribution in [0.25, 0.3) is 22.0 Å². The van der Waals surface area contributed by atoms with Crippen LogP contribution in [0, 0.1) is 0 Å². The van der Waals surface area contributed by atoms with Crippen molar-refractivity contribution in [1.82, 2.24) is 10.2 Å². The van der Waals surface area contributed by atoms with Crippen molar-refractivity contribution >= 4 is 28.2 Å². The molecule has 1 N–H and O–H groups in total. The van der Waals surface area contributed by atoms with Gasteiger partial charge >= 0.3 is 0 Å². The average molecular weight is 340 g/mol. The Morgan fingerprint density at radius 3 is 2.58 bits per heavy atom. The Kier molecular flexibility index (Phi) is 4.32. The number of anilines is 1. The van der Waals surface area contributed by atoms with Crippen LogP contribution in [-0.4, -0.2) is 29.5 Å². The minimum atomic E-state index is 0.265. The molecule has 2 aromatic carbocycles. The number of benzene rings is 2. The molecule has 0 bridgehead atoms. The number of aromatic nitrogens is 2. The molecule has 0 spiro atoms. The first-order valence-corrected chi connectivity index (χ1v) is 8.56. The van der Waals surface area contributed by atoms with Crippen molar-refractivity contribution in [2.45, 2.75) is 18.9 Å². The summed E-state index contributed by atoms with van der Waals surface area (Å²) in [5.74, 6) is 0.804. The Bertz CT molecular complexity index is 845. The van der Waals surface area contributed by atoms with E-state index < -0.39 is 0 Å². The summed E-state index contributed by atoms with van der Waals surface area (Å²) < 4.78 is 5.67. The Morgan fingerprint density at radius 2 is 1.83 bits per heavy atom. The zero-order chi connectivity index (χ0) is 16.4. The van der Waals surface area contributed by atoms with Gasteiger partial charge in [0.2, 0.25) is 0 Å². The third-order valence-electron chi connectivity index (χ3n) is 4.33. The molecule has 1 unspecified atom stereocenters. The molecule has 1 saturated heterocycles. The van der Waals surface area contributed by atoms with Gasteiger partial charge in [-0.05, 0) is 25.0 Å². The SMILES string of the molecule is Clc1ccc(-c2nnc(NCC3CCCO3)c3ccccc23)cc1. The molecule has 5 heteroatoms. The van der Waals surface area contributed by atoms with Crippen LogP contribution >= 0.6 is 11.6 Å². The predicted molar refractivity (Wildman–Crippen MR) is 97.4 cm³/mol. The van der Waals surface area contributed by atoms with E-state index in [2.05, 4.69) is 27.6 Å². The van der Waals surface area contributed by atoms with Gasteiger partial charge in [-0.25, -0.2) is 0 Å². The summed E-state index contributed by atoms with van der Waals surface area (Å²) in [6, 6.07) is 15.9. The Balaban J connectivity index is 1.70. The van der Waals surface area contributed by atoms with Crippen LogP contribution in [0.2, 0.25) is 5.02 Å². The van der Waals surface area contributed by atoms with E-state index >= 15 is 0 Å². The smallest absolute Gasteiger partial charge is 0.156 e. The molecule has 1 atom stereocenters. The van der Waals surface area contributed by atoms with E-state index in [1.807, 2.05) is 36.4 Å². The van der Waals surface area contributed by atoms with Crippen LogP contribution in [0.4, 0.5) is 5.82 Å². The van der Waals surface area contributed by atoms with Gasteiger partial charge in [0.25, 0.3) is 0 Å². The van der Waals surface area contributed by atoms with Crippen molar-refractivity contribution in [2.24, 2.45) is 0 Å². The fourth-order valence-corrected chi connectivity index (χ4v) is 3.20. The highest BCUT2D eigenvalue weighted by Crippen LogP contribution is 2.30. The van der Waals surface area contributed by atoms with Crippen LogP contribution < -0.4 is 5.32 Å². The summed E-state index contributed by atoms with van der Waals surface area (Å²) in [5, 5.41) is 15.1. The molecule has 3 aromatic rings. The van der Waals surface area contributed by atoms with E-state index in [-0.39, 0.29) is 6.10 Å².